The van der Waals surface area contributed by atoms with Gasteiger partial charge in [-0.25, -0.2) is 0 Å². The smallest absolute Gasteiger partial charge is 0.235 e. The Bertz CT molecular complexity index is 1080. The number of nitrogens with zero attached hydrogens (tertiary/aromatic N) is 5. The van der Waals surface area contributed by atoms with Gasteiger partial charge in [0.1, 0.15) is 16.8 Å². The summed E-state index contributed by atoms with van der Waals surface area (Å²) in [6.07, 6.45) is 5.31. The van der Waals surface area contributed by atoms with Crippen molar-refractivity contribution in [1.82, 2.24) is 20.2 Å². The molecule has 0 spiro atoms. The zero-order valence-electron chi connectivity index (χ0n) is 16.4. The summed E-state index contributed by atoms with van der Waals surface area (Å²) in [5, 5.41) is 25.4. The number of anilines is 1. The molecule has 0 atom stereocenters. The van der Waals surface area contributed by atoms with Crippen molar-refractivity contribution in [3.8, 4) is 17.5 Å². The highest BCUT2D eigenvalue weighted by atomic mass is 32.2. The first-order valence-electron chi connectivity index (χ1n) is 9.59. The number of fused-ring (bicyclic) bond motifs is 1. The normalized spacial score (nSPS) is 13.2. The maximum Gasteiger partial charge on any atom is 0.235 e. The number of nitriles is 1. The van der Waals surface area contributed by atoms with E-state index >= 15 is 0 Å². The molecule has 1 N–H and O–H groups in total. The summed E-state index contributed by atoms with van der Waals surface area (Å²) < 4.78 is 6.74. The maximum atomic E-state index is 12.6. The van der Waals surface area contributed by atoms with Gasteiger partial charge in [0.25, 0.3) is 0 Å². The Morgan fingerprint density at radius 3 is 2.87 bits per heavy atom. The largest absolute Gasteiger partial charge is 0.497 e. The van der Waals surface area contributed by atoms with Crippen LogP contribution in [0.3, 0.4) is 0 Å². The van der Waals surface area contributed by atoms with Crippen LogP contribution in [0.5, 0.6) is 5.75 Å². The Labute approximate surface area is 182 Å². The van der Waals surface area contributed by atoms with E-state index in [9.17, 15) is 10.1 Å². The first kappa shape index (κ1) is 20.4. The highest BCUT2D eigenvalue weighted by Gasteiger charge is 2.21. The van der Waals surface area contributed by atoms with Crippen LogP contribution in [0.15, 0.2) is 29.4 Å². The number of aryl methyl sites for hydroxylation is 1. The first-order chi connectivity index (χ1) is 14.7. The van der Waals surface area contributed by atoms with Crippen molar-refractivity contribution in [1.29, 1.82) is 5.26 Å². The lowest BCUT2D eigenvalue weighted by atomic mass is 10.1. The standard InChI is InChI=1S/C20H20N6O2S2/c1-28-14-9-7-13(8-10-14)26-20(23-24-25-26)29-12-18(27)22-19-16(11-21)15-5-3-2-4-6-17(15)30-19/h7-10H,2-6,12H2,1H3,(H,22,27). The minimum atomic E-state index is -0.183. The van der Waals surface area contributed by atoms with E-state index in [1.54, 1.807) is 11.8 Å². The number of ether oxygens (including phenoxy) is 1. The number of amides is 1. The summed E-state index contributed by atoms with van der Waals surface area (Å²) in [7, 11) is 1.61. The molecule has 1 aromatic carbocycles. The summed E-state index contributed by atoms with van der Waals surface area (Å²) >= 11 is 2.78. The number of carbonyl (C=O) groups excluding carboxylic acids is 1. The summed E-state index contributed by atoms with van der Waals surface area (Å²) in [6.45, 7) is 0. The average Bonchev–Trinajstić information content (AvgIpc) is 3.29. The molecule has 0 unspecified atom stereocenters. The SMILES string of the molecule is COc1ccc(-n2nnnc2SCC(=O)Nc2sc3c(c2C#N)CCCCC3)cc1. The third-order valence-electron chi connectivity index (χ3n) is 4.88. The predicted molar refractivity (Wildman–Crippen MR) is 115 cm³/mol. The zero-order chi connectivity index (χ0) is 20.9. The van der Waals surface area contributed by atoms with Crippen molar-refractivity contribution in [2.24, 2.45) is 0 Å². The van der Waals surface area contributed by atoms with Gasteiger partial charge in [-0.05, 0) is 65.9 Å². The highest BCUT2D eigenvalue weighted by molar-refractivity contribution is 7.99. The van der Waals surface area contributed by atoms with Gasteiger partial charge >= 0.3 is 0 Å². The second-order valence-electron chi connectivity index (χ2n) is 6.79. The molecule has 0 bridgehead atoms. The average molecular weight is 441 g/mol. The first-order valence-corrected chi connectivity index (χ1v) is 11.4. The Kier molecular flexibility index (Phi) is 6.30. The van der Waals surface area contributed by atoms with Gasteiger partial charge < -0.3 is 10.1 Å². The molecule has 30 heavy (non-hydrogen) atoms. The molecule has 3 aromatic rings. The number of methoxy groups -OCH3 is 1. The number of nitrogens with one attached hydrogen (secondary N) is 1. The van der Waals surface area contributed by atoms with Crippen LogP contribution in [0, 0.1) is 11.3 Å². The second kappa shape index (κ2) is 9.28. The lowest BCUT2D eigenvalue weighted by molar-refractivity contribution is -0.113. The van der Waals surface area contributed by atoms with Crippen LogP contribution in [0.1, 0.15) is 35.3 Å². The van der Waals surface area contributed by atoms with Gasteiger partial charge in [0.2, 0.25) is 11.1 Å². The van der Waals surface area contributed by atoms with Crippen LogP contribution >= 0.6 is 23.1 Å². The number of aromatic nitrogens is 4. The molecule has 0 saturated heterocycles. The third-order valence-corrected chi connectivity index (χ3v) is 7.00. The molecule has 8 nitrogen and oxygen atoms in total. The molecule has 2 aromatic heterocycles. The second-order valence-corrected chi connectivity index (χ2v) is 8.84. The van der Waals surface area contributed by atoms with Crippen molar-refractivity contribution in [3.05, 3.63) is 40.3 Å². The lowest BCUT2D eigenvalue weighted by Gasteiger charge is -2.06. The minimum Gasteiger partial charge on any atom is -0.497 e. The van der Waals surface area contributed by atoms with Gasteiger partial charge in [0.15, 0.2) is 0 Å². The fourth-order valence-corrected chi connectivity index (χ4v) is 5.34. The fraction of sp³-hybridized carbons (Fsp3) is 0.350. The van der Waals surface area contributed by atoms with Crippen molar-refractivity contribution in [2.75, 3.05) is 18.2 Å². The van der Waals surface area contributed by atoms with E-state index in [4.69, 9.17) is 4.74 Å². The molecule has 4 rings (SSSR count). The van der Waals surface area contributed by atoms with E-state index < -0.39 is 0 Å². The quantitative estimate of drug-likeness (QED) is 0.461. The number of carbonyl (C=O) groups is 1. The predicted octanol–water partition coefficient (Wildman–Crippen LogP) is 3.60. The van der Waals surface area contributed by atoms with Crippen LogP contribution in [-0.4, -0.2) is 39.0 Å². The van der Waals surface area contributed by atoms with Crippen LogP contribution in [-0.2, 0) is 17.6 Å². The molecule has 154 valence electrons. The summed E-state index contributed by atoms with van der Waals surface area (Å²) in [5.74, 6) is 0.699. The van der Waals surface area contributed by atoms with Gasteiger partial charge in [-0.1, -0.05) is 18.2 Å². The van der Waals surface area contributed by atoms with Crippen molar-refractivity contribution in [3.63, 3.8) is 0 Å². The molecule has 0 saturated carbocycles. The van der Waals surface area contributed by atoms with E-state index in [-0.39, 0.29) is 11.7 Å². The van der Waals surface area contributed by atoms with E-state index in [2.05, 4.69) is 26.9 Å². The Balaban J connectivity index is 1.43. The van der Waals surface area contributed by atoms with Crippen molar-refractivity contribution in [2.45, 2.75) is 37.3 Å². The zero-order valence-corrected chi connectivity index (χ0v) is 18.1. The number of hydrogen-bond acceptors (Lipinski definition) is 8. The Morgan fingerprint density at radius 2 is 2.10 bits per heavy atom. The summed E-state index contributed by atoms with van der Waals surface area (Å²) in [6, 6.07) is 9.62. The number of tetrazole rings is 1. The Hall–Kier alpha value is -2.90. The van der Waals surface area contributed by atoms with E-state index in [1.165, 1.54) is 34.4 Å². The molecule has 0 aliphatic heterocycles. The van der Waals surface area contributed by atoms with Crippen molar-refractivity contribution >= 4 is 34.0 Å². The highest BCUT2D eigenvalue weighted by Crippen LogP contribution is 2.37. The molecular weight excluding hydrogens is 420 g/mol. The maximum absolute atomic E-state index is 12.6. The number of thioether (sulfide) groups is 1. The van der Waals surface area contributed by atoms with Crippen LogP contribution < -0.4 is 10.1 Å². The lowest BCUT2D eigenvalue weighted by Crippen LogP contribution is -2.14. The fourth-order valence-electron chi connectivity index (χ4n) is 3.40. The van der Waals surface area contributed by atoms with Crippen LogP contribution in [0.25, 0.3) is 5.69 Å². The Morgan fingerprint density at radius 1 is 1.30 bits per heavy atom. The van der Waals surface area contributed by atoms with Gasteiger partial charge in [-0.2, -0.15) is 9.94 Å². The molecule has 2 heterocycles. The number of thiophene rings is 1. The molecule has 10 heteroatoms. The monoisotopic (exact) mass is 440 g/mol. The molecular formula is C20H20N6O2S2. The van der Waals surface area contributed by atoms with Gasteiger partial charge in [0, 0.05) is 4.88 Å². The van der Waals surface area contributed by atoms with Gasteiger partial charge in [-0.15, -0.1) is 16.4 Å². The topological polar surface area (TPSA) is 106 Å². The summed E-state index contributed by atoms with van der Waals surface area (Å²) in [4.78, 5) is 13.8. The number of rotatable bonds is 6. The molecule has 1 aliphatic carbocycles. The van der Waals surface area contributed by atoms with Crippen LogP contribution in [0.2, 0.25) is 0 Å². The molecule has 1 aliphatic rings. The van der Waals surface area contributed by atoms with Gasteiger partial charge in [0.05, 0.1) is 24.1 Å². The van der Waals surface area contributed by atoms with Crippen LogP contribution in [0.4, 0.5) is 5.00 Å². The van der Waals surface area contributed by atoms with E-state index in [0.29, 0.717) is 15.7 Å². The third kappa shape index (κ3) is 4.32. The van der Waals surface area contributed by atoms with Crippen molar-refractivity contribution < 1.29 is 9.53 Å². The molecule has 1 amide bonds. The number of benzene rings is 1. The molecule has 0 radical (unpaired) electrons. The van der Waals surface area contributed by atoms with Gasteiger partial charge in [-0.3, -0.25) is 4.79 Å². The minimum absolute atomic E-state index is 0.143. The van der Waals surface area contributed by atoms with E-state index in [0.717, 1.165) is 42.7 Å². The molecule has 0 fully saturated rings. The summed E-state index contributed by atoms with van der Waals surface area (Å²) in [5.41, 5.74) is 2.52. The number of hydrogen-bond donors (Lipinski definition) is 1. The van der Waals surface area contributed by atoms with E-state index in [1.807, 2.05) is 24.3 Å².